The highest BCUT2D eigenvalue weighted by Crippen LogP contribution is 2.22. The molecule has 8 nitrogen and oxygen atoms in total. The molecule has 3 rings (SSSR count). The Morgan fingerprint density at radius 1 is 1.48 bits per heavy atom. The molecule has 0 saturated carbocycles. The Morgan fingerprint density at radius 3 is 3.00 bits per heavy atom. The molecular formula is C15H23N7O. The molecule has 1 aliphatic heterocycles. The average Bonchev–Trinajstić information content (AvgIpc) is 3.23. The molecule has 2 aromatic heterocycles. The number of urea groups is 1. The molecule has 2 N–H and O–H groups in total. The minimum atomic E-state index is -0.0406. The molecular weight excluding hydrogens is 294 g/mol. The summed E-state index contributed by atoms with van der Waals surface area (Å²) in [6, 6.07) is 0.0778. The zero-order valence-electron chi connectivity index (χ0n) is 13.6. The van der Waals surface area contributed by atoms with Crippen molar-refractivity contribution in [2.45, 2.75) is 19.5 Å². The molecule has 23 heavy (non-hydrogen) atoms. The van der Waals surface area contributed by atoms with E-state index in [4.69, 9.17) is 0 Å². The normalized spacial score (nSPS) is 19.0. The van der Waals surface area contributed by atoms with E-state index in [1.807, 2.05) is 24.3 Å². The summed E-state index contributed by atoms with van der Waals surface area (Å²) in [5, 5.41) is 7.07. The second kappa shape index (κ2) is 6.82. The number of piperazine rings is 1. The van der Waals surface area contributed by atoms with Gasteiger partial charge in [0.25, 0.3) is 0 Å². The first-order valence-electron chi connectivity index (χ1n) is 7.91. The van der Waals surface area contributed by atoms with Gasteiger partial charge in [-0.3, -0.25) is 9.58 Å². The number of aromatic nitrogens is 4. The number of hydrogen-bond donors (Lipinski definition) is 2. The van der Waals surface area contributed by atoms with Crippen molar-refractivity contribution in [2.75, 3.05) is 26.2 Å². The molecule has 8 heteroatoms. The van der Waals surface area contributed by atoms with Crippen molar-refractivity contribution in [1.82, 2.24) is 34.9 Å². The Bertz CT molecular complexity index is 636. The minimum Gasteiger partial charge on any atom is -0.347 e. The van der Waals surface area contributed by atoms with Gasteiger partial charge in [-0.15, -0.1) is 0 Å². The summed E-state index contributed by atoms with van der Waals surface area (Å²) in [6.45, 7) is 5.78. The molecule has 3 heterocycles. The van der Waals surface area contributed by atoms with Crippen molar-refractivity contribution in [3.8, 4) is 0 Å². The molecule has 0 aliphatic carbocycles. The standard InChI is InChI=1S/C15H23N7O/c1-3-21-6-7-22(11-13(21)14-16-4-5-17-14)15(23)18-8-12-9-19-20(2)10-12/h4-5,9-10,13H,3,6-8,11H2,1-2H3,(H,16,17)(H,18,23)/t13-/m0/s1. The van der Waals surface area contributed by atoms with Crippen LogP contribution in [-0.4, -0.2) is 61.8 Å². The number of amides is 2. The summed E-state index contributed by atoms with van der Waals surface area (Å²) in [5.74, 6) is 0.914. The molecule has 1 fully saturated rings. The van der Waals surface area contributed by atoms with Crippen LogP contribution in [0.1, 0.15) is 24.4 Å². The Kier molecular flexibility index (Phi) is 4.61. The van der Waals surface area contributed by atoms with E-state index >= 15 is 0 Å². The fourth-order valence-electron chi connectivity index (χ4n) is 2.96. The van der Waals surface area contributed by atoms with E-state index in [9.17, 15) is 4.79 Å². The predicted molar refractivity (Wildman–Crippen MR) is 85.6 cm³/mol. The number of rotatable bonds is 4. The van der Waals surface area contributed by atoms with Gasteiger partial charge in [0.2, 0.25) is 0 Å². The van der Waals surface area contributed by atoms with E-state index < -0.39 is 0 Å². The molecule has 0 unspecified atom stereocenters. The summed E-state index contributed by atoms with van der Waals surface area (Å²) in [6.07, 6.45) is 7.25. The topological polar surface area (TPSA) is 82.1 Å². The summed E-state index contributed by atoms with van der Waals surface area (Å²) in [5.41, 5.74) is 0.996. The lowest BCUT2D eigenvalue weighted by Gasteiger charge is -2.39. The summed E-state index contributed by atoms with van der Waals surface area (Å²) < 4.78 is 1.73. The van der Waals surface area contributed by atoms with Gasteiger partial charge in [0, 0.05) is 57.4 Å². The van der Waals surface area contributed by atoms with Gasteiger partial charge in [0.15, 0.2) is 0 Å². The highest BCUT2D eigenvalue weighted by atomic mass is 16.2. The summed E-state index contributed by atoms with van der Waals surface area (Å²) >= 11 is 0. The van der Waals surface area contributed by atoms with Gasteiger partial charge in [-0.1, -0.05) is 6.92 Å². The first kappa shape index (κ1) is 15.5. The quantitative estimate of drug-likeness (QED) is 0.871. The zero-order chi connectivity index (χ0) is 16.2. The van der Waals surface area contributed by atoms with Crippen molar-refractivity contribution in [3.05, 3.63) is 36.2 Å². The predicted octanol–water partition coefficient (Wildman–Crippen LogP) is 0.732. The number of aromatic amines is 1. The fraction of sp³-hybridized carbons (Fsp3) is 0.533. The first-order valence-corrected chi connectivity index (χ1v) is 7.91. The summed E-state index contributed by atoms with van der Waals surface area (Å²) in [7, 11) is 1.86. The second-order valence-electron chi connectivity index (χ2n) is 5.75. The van der Waals surface area contributed by atoms with Gasteiger partial charge >= 0.3 is 6.03 Å². The van der Waals surface area contributed by atoms with Crippen molar-refractivity contribution >= 4 is 6.03 Å². The van der Waals surface area contributed by atoms with E-state index in [-0.39, 0.29) is 12.1 Å². The number of carbonyl (C=O) groups is 1. The number of H-pyrrole nitrogens is 1. The van der Waals surface area contributed by atoms with Crippen molar-refractivity contribution < 1.29 is 4.79 Å². The number of likely N-dealkylation sites (N-methyl/N-ethyl adjacent to an activating group) is 1. The molecule has 0 bridgehead atoms. The van der Waals surface area contributed by atoms with Gasteiger partial charge in [0.05, 0.1) is 12.2 Å². The van der Waals surface area contributed by atoms with Gasteiger partial charge < -0.3 is 15.2 Å². The van der Waals surface area contributed by atoms with E-state index in [2.05, 4.69) is 32.2 Å². The first-order chi connectivity index (χ1) is 11.2. The van der Waals surface area contributed by atoms with Crippen LogP contribution in [0.15, 0.2) is 24.8 Å². The average molecular weight is 317 g/mol. The highest BCUT2D eigenvalue weighted by molar-refractivity contribution is 5.74. The van der Waals surface area contributed by atoms with Crippen LogP contribution in [-0.2, 0) is 13.6 Å². The maximum atomic E-state index is 12.4. The van der Waals surface area contributed by atoms with Gasteiger partial charge in [0.1, 0.15) is 5.82 Å². The molecule has 0 radical (unpaired) electrons. The van der Waals surface area contributed by atoms with Gasteiger partial charge in [-0.05, 0) is 6.54 Å². The Morgan fingerprint density at radius 2 is 2.35 bits per heavy atom. The Hall–Kier alpha value is -2.35. The number of imidazole rings is 1. The molecule has 124 valence electrons. The van der Waals surface area contributed by atoms with Crippen molar-refractivity contribution in [3.63, 3.8) is 0 Å². The maximum absolute atomic E-state index is 12.4. The van der Waals surface area contributed by atoms with Crippen LogP contribution >= 0.6 is 0 Å². The van der Waals surface area contributed by atoms with E-state index in [0.29, 0.717) is 13.1 Å². The third kappa shape index (κ3) is 3.53. The number of carbonyl (C=O) groups excluding carboxylic acids is 1. The van der Waals surface area contributed by atoms with Crippen molar-refractivity contribution in [2.24, 2.45) is 7.05 Å². The number of nitrogens with one attached hydrogen (secondary N) is 2. The fourth-order valence-corrected chi connectivity index (χ4v) is 2.96. The Labute approximate surface area is 135 Å². The number of hydrogen-bond acceptors (Lipinski definition) is 4. The van der Waals surface area contributed by atoms with E-state index in [1.165, 1.54) is 0 Å². The van der Waals surface area contributed by atoms with Crippen molar-refractivity contribution in [1.29, 1.82) is 0 Å². The largest absolute Gasteiger partial charge is 0.347 e. The van der Waals surface area contributed by atoms with Crippen LogP contribution in [0, 0.1) is 0 Å². The smallest absolute Gasteiger partial charge is 0.317 e. The summed E-state index contributed by atoms with van der Waals surface area (Å²) in [4.78, 5) is 24.2. The van der Waals surface area contributed by atoms with E-state index in [0.717, 1.165) is 31.0 Å². The molecule has 1 aliphatic rings. The van der Waals surface area contributed by atoms with Crippen LogP contribution in [0.2, 0.25) is 0 Å². The SMILES string of the molecule is CCN1CCN(C(=O)NCc2cnn(C)c2)C[C@H]1c1ncc[nH]1. The third-order valence-electron chi connectivity index (χ3n) is 4.22. The molecule has 1 saturated heterocycles. The molecule has 2 aromatic rings. The lowest BCUT2D eigenvalue weighted by Crippen LogP contribution is -2.53. The number of aryl methyl sites for hydroxylation is 1. The van der Waals surface area contributed by atoms with Crippen LogP contribution in [0.25, 0.3) is 0 Å². The van der Waals surface area contributed by atoms with Crippen LogP contribution in [0.4, 0.5) is 4.79 Å². The third-order valence-corrected chi connectivity index (χ3v) is 4.22. The van der Waals surface area contributed by atoms with Gasteiger partial charge in [-0.25, -0.2) is 9.78 Å². The lowest BCUT2D eigenvalue weighted by atomic mass is 10.1. The molecule has 2 amide bonds. The monoisotopic (exact) mass is 317 g/mol. The maximum Gasteiger partial charge on any atom is 0.317 e. The highest BCUT2D eigenvalue weighted by Gasteiger charge is 2.31. The number of nitrogens with zero attached hydrogens (tertiary/aromatic N) is 5. The molecule has 0 aromatic carbocycles. The lowest BCUT2D eigenvalue weighted by molar-refractivity contribution is 0.0896. The van der Waals surface area contributed by atoms with E-state index in [1.54, 1.807) is 17.1 Å². The van der Waals surface area contributed by atoms with Crippen LogP contribution in [0.5, 0.6) is 0 Å². The Balaban J connectivity index is 1.60. The minimum absolute atomic E-state index is 0.0406. The zero-order valence-corrected chi connectivity index (χ0v) is 13.6. The molecule has 1 atom stereocenters. The van der Waals surface area contributed by atoms with Crippen LogP contribution in [0.3, 0.4) is 0 Å². The molecule has 0 spiro atoms. The van der Waals surface area contributed by atoms with Gasteiger partial charge in [-0.2, -0.15) is 5.10 Å². The van der Waals surface area contributed by atoms with Crippen LogP contribution < -0.4 is 5.32 Å². The second-order valence-corrected chi connectivity index (χ2v) is 5.75.